The fourth-order valence-corrected chi connectivity index (χ4v) is 4.46. The molecule has 0 aromatic heterocycles. The molecule has 39 heavy (non-hydrogen) atoms. The van der Waals surface area contributed by atoms with Crippen molar-refractivity contribution in [1.82, 2.24) is 0 Å². The topological polar surface area (TPSA) is 89.9 Å². The normalized spacial score (nSPS) is 18.5. The smallest absolute Gasteiger partial charge is 0.284 e. The van der Waals surface area contributed by atoms with E-state index in [4.69, 9.17) is 11.6 Å². The molecule has 0 fully saturated rings. The highest BCUT2D eigenvalue weighted by atomic mass is 35.5. The summed E-state index contributed by atoms with van der Waals surface area (Å²) in [5, 5.41) is 22.4. The first kappa shape index (κ1) is 28.4. The Morgan fingerprint density at radius 1 is 1.03 bits per heavy atom. The third kappa shape index (κ3) is 5.19. The number of aliphatic hydroxyl groups is 2. The van der Waals surface area contributed by atoms with Gasteiger partial charge in [0.15, 0.2) is 5.60 Å². The maximum atomic E-state index is 15.1. The fourth-order valence-electron chi connectivity index (χ4n) is 4.29. The summed E-state index contributed by atoms with van der Waals surface area (Å²) in [6, 6.07) is 8.19. The van der Waals surface area contributed by atoms with E-state index in [9.17, 15) is 41.8 Å². The third-order valence-corrected chi connectivity index (χ3v) is 6.61. The van der Waals surface area contributed by atoms with Crippen molar-refractivity contribution in [2.24, 2.45) is 0 Å². The van der Waals surface area contributed by atoms with Crippen LogP contribution in [0.3, 0.4) is 0 Å². The molecular formula is C26H19ClF6N2O4. The number of halogens is 7. The number of hydrogen-bond donors (Lipinski definition) is 3. The number of hydrogen-bond acceptors (Lipinski definition) is 4. The minimum Gasteiger partial charge on any atom is -0.393 e. The molecule has 1 aliphatic rings. The van der Waals surface area contributed by atoms with Crippen LogP contribution in [0.2, 0.25) is 5.02 Å². The lowest BCUT2D eigenvalue weighted by Crippen LogP contribution is -2.48. The molecule has 1 heterocycles. The average Bonchev–Trinajstić information content (AvgIpc) is 2.96. The number of amides is 2. The van der Waals surface area contributed by atoms with E-state index in [1.165, 1.54) is 12.1 Å². The Labute approximate surface area is 222 Å². The maximum absolute atomic E-state index is 15.1. The molecule has 6 nitrogen and oxygen atoms in total. The van der Waals surface area contributed by atoms with Gasteiger partial charge in [-0.25, -0.2) is 26.3 Å². The van der Waals surface area contributed by atoms with Crippen LogP contribution in [0.5, 0.6) is 0 Å². The van der Waals surface area contributed by atoms with Crippen molar-refractivity contribution in [3.63, 3.8) is 0 Å². The second-order valence-corrected chi connectivity index (χ2v) is 9.21. The maximum Gasteiger partial charge on any atom is 0.284 e. The van der Waals surface area contributed by atoms with Crippen molar-refractivity contribution < 1.29 is 46.1 Å². The molecule has 2 amide bonds. The van der Waals surface area contributed by atoms with Gasteiger partial charge in [-0.15, -0.1) is 0 Å². The number of alkyl halides is 4. The van der Waals surface area contributed by atoms with E-state index in [0.717, 1.165) is 35.2 Å². The van der Waals surface area contributed by atoms with Gasteiger partial charge in [0.1, 0.15) is 11.6 Å². The summed E-state index contributed by atoms with van der Waals surface area (Å²) in [5.41, 5.74) is -6.15. The Bertz CT molecular complexity index is 1450. The van der Waals surface area contributed by atoms with Gasteiger partial charge in [-0.05, 0) is 54.6 Å². The van der Waals surface area contributed by atoms with Gasteiger partial charge < -0.3 is 20.4 Å². The van der Waals surface area contributed by atoms with Crippen molar-refractivity contribution in [3.8, 4) is 0 Å². The number of carbonyl (C=O) groups excluding carboxylic acids is 2. The van der Waals surface area contributed by atoms with E-state index >= 15 is 4.39 Å². The summed E-state index contributed by atoms with van der Waals surface area (Å²) in [6.45, 7) is -2.06. The second-order valence-electron chi connectivity index (χ2n) is 8.77. The first-order chi connectivity index (χ1) is 18.3. The van der Waals surface area contributed by atoms with Crippen molar-refractivity contribution in [3.05, 3.63) is 93.5 Å². The van der Waals surface area contributed by atoms with Crippen molar-refractivity contribution in [2.75, 3.05) is 23.4 Å². The second kappa shape index (κ2) is 10.5. The number of nitrogens with zero attached hydrogens (tertiary/aromatic N) is 1. The first-order valence-electron chi connectivity index (χ1n) is 11.3. The minimum atomic E-state index is -3.89. The van der Waals surface area contributed by atoms with Crippen LogP contribution in [0.25, 0.3) is 0 Å². The van der Waals surface area contributed by atoms with Gasteiger partial charge in [0.05, 0.1) is 23.4 Å². The molecule has 1 aliphatic heterocycles. The average molecular weight is 573 g/mol. The van der Waals surface area contributed by atoms with Crippen molar-refractivity contribution >= 4 is 34.8 Å². The lowest BCUT2D eigenvalue weighted by atomic mass is 9.86. The predicted molar refractivity (Wildman–Crippen MR) is 129 cm³/mol. The zero-order valence-corrected chi connectivity index (χ0v) is 20.5. The Kier molecular flexibility index (Phi) is 7.66. The van der Waals surface area contributed by atoms with E-state index < -0.39 is 83.2 Å². The SMILES string of the molecule is O=C(Nc1ccc(C(=O)N2CCC(F)(F)[C@](O)(CO)c3cc(Cl)ccc32)c(F)c1)c1cc(F)ccc1C(F)F. The standard InChI is InChI=1S/C26H19ClF6N2O4/c27-13-1-6-21-19(9-13)25(39,12-36)26(32,33)7-8-35(21)24(38)17-5-3-15(11-20(17)29)34-23(37)18-10-14(28)2-4-16(18)22(30)31/h1-6,9-11,22,36,39H,7-8,12H2,(H,34,37)/t25-/m0/s1. The zero-order chi connectivity index (χ0) is 28.7. The molecule has 0 saturated carbocycles. The highest BCUT2D eigenvalue weighted by Crippen LogP contribution is 2.47. The van der Waals surface area contributed by atoms with Crippen LogP contribution in [-0.4, -0.2) is 41.1 Å². The largest absolute Gasteiger partial charge is 0.393 e. The van der Waals surface area contributed by atoms with E-state index in [0.29, 0.717) is 12.1 Å². The van der Waals surface area contributed by atoms with Gasteiger partial charge in [0.2, 0.25) is 0 Å². The molecule has 0 spiro atoms. The van der Waals surface area contributed by atoms with Crippen LogP contribution in [-0.2, 0) is 5.60 Å². The van der Waals surface area contributed by atoms with E-state index in [1.54, 1.807) is 0 Å². The number of benzene rings is 3. The molecule has 206 valence electrons. The Balaban J connectivity index is 1.66. The summed E-state index contributed by atoms with van der Waals surface area (Å²) < 4.78 is 84.8. The molecule has 3 aromatic carbocycles. The molecule has 0 aliphatic carbocycles. The van der Waals surface area contributed by atoms with Crippen LogP contribution in [0.15, 0.2) is 54.6 Å². The van der Waals surface area contributed by atoms with Gasteiger partial charge in [-0.3, -0.25) is 9.59 Å². The fraction of sp³-hybridized carbons (Fsp3) is 0.231. The molecule has 0 unspecified atom stereocenters. The molecule has 0 bridgehead atoms. The number of rotatable bonds is 5. The predicted octanol–water partition coefficient (Wildman–Crippen LogP) is 5.67. The molecule has 3 aromatic rings. The molecule has 4 rings (SSSR count). The van der Waals surface area contributed by atoms with Gasteiger partial charge in [-0.1, -0.05) is 11.6 Å². The van der Waals surface area contributed by atoms with Crippen molar-refractivity contribution in [2.45, 2.75) is 24.4 Å². The number of aliphatic hydroxyl groups excluding tert-OH is 1. The molecule has 1 atom stereocenters. The Morgan fingerprint density at radius 3 is 2.38 bits per heavy atom. The quantitative estimate of drug-likeness (QED) is 0.344. The Hall–Kier alpha value is -3.61. The van der Waals surface area contributed by atoms with E-state index in [1.807, 2.05) is 0 Å². The summed E-state index contributed by atoms with van der Waals surface area (Å²) in [5.74, 6) is -8.29. The summed E-state index contributed by atoms with van der Waals surface area (Å²) in [7, 11) is 0. The van der Waals surface area contributed by atoms with Crippen LogP contribution in [0.4, 0.5) is 37.7 Å². The number of fused-ring (bicyclic) bond motifs is 1. The molecule has 0 radical (unpaired) electrons. The number of nitrogens with one attached hydrogen (secondary N) is 1. The monoisotopic (exact) mass is 572 g/mol. The summed E-state index contributed by atoms with van der Waals surface area (Å²) >= 11 is 5.92. The minimum absolute atomic E-state index is 0.0645. The van der Waals surface area contributed by atoms with Crippen LogP contribution < -0.4 is 10.2 Å². The molecule has 0 saturated heterocycles. The first-order valence-corrected chi connectivity index (χ1v) is 11.7. The van der Waals surface area contributed by atoms with E-state index in [2.05, 4.69) is 5.32 Å². The van der Waals surface area contributed by atoms with Gasteiger partial charge in [-0.2, -0.15) is 0 Å². The van der Waals surface area contributed by atoms with Gasteiger partial charge in [0, 0.05) is 34.8 Å². The number of carbonyl (C=O) groups is 2. The molecular weight excluding hydrogens is 554 g/mol. The highest BCUT2D eigenvalue weighted by Gasteiger charge is 2.56. The third-order valence-electron chi connectivity index (χ3n) is 6.38. The zero-order valence-electron chi connectivity index (χ0n) is 19.7. The lowest BCUT2D eigenvalue weighted by Gasteiger charge is -2.33. The summed E-state index contributed by atoms with van der Waals surface area (Å²) in [4.78, 5) is 26.6. The van der Waals surface area contributed by atoms with Crippen LogP contribution in [0, 0.1) is 11.6 Å². The van der Waals surface area contributed by atoms with Crippen LogP contribution >= 0.6 is 11.6 Å². The molecule has 3 N–H and O–H groups in total. The number of anilines is 2. The highest BCUT2D eigenvalue weighted by molar-refractivity contribution is 6.30. The molecule has 13 heteroatoms. The van der Waals surface area contributed by atoms with E-state index in [-0.39, 0.29) is 16.4 Å². The van der Waals surface area contributed by atoms with Gasteiger partial charge in [0.25, 0.3) is 24.2 Å². The lowest BCUT2D eigenvalue weighted by molar-refractivity contribution is -0.205. The Morgan fingerprint density at radius 2 is 1.74 bits per heavy atom. The van der Waals surface area contributed by atoms with Crippen molar-refractivity contribution in [1.29, 1.82) is 0 Å². The van der Waals surface area contributed by atoms with Crippen LogP contribution in [0.1, 0.15) is 44.7 Å². The van der Waals surface area contributed by atoms with Gasteiger partial charge >= 0.3 is 0 Å². The summed E-state index contributed by atoms with van der Waals surface area (Å²) in [6.07, 6.45) is -4.18.